The van der Waals surface area contributed by atoms with Gasteiger partial charge in [-0.05, 0) is 51.6 Å². The van der Waals surface area contributed by atoms with Crippen LogP contribution >= 0.6 is 0 Å². The number of nitrogens with zero attached hydrogens (tertiary/aromatic N) is 1. The third-order valence-electron chi connectivity index (χ3n) is 3.99. The predicted octanol–water partition coefficient (Wildman–Crippen LogP) is 2.39. The molecule has 0 aromatic heterocycles. The van der Waals surface area contributed by atoms with Gasteiger partial charge in [0.1, 0.15) is 0 Å². The first-order valence-corrected chi connectivity index (χ1v) is 6.83. The minimum absolute atomic E-state index is 0.838. The Labute approximate surface area is 94.4 Å². The second-order valence-electron chi connectivity index (χ2n) is 5.30. The number of fused-ring (bicyclic) bond motifs is 2. The maximum Gasteiger partial charge on any atom is 0.0125 e. The van der Waals surface area contributed by atoms with Gasteiger partial charge in [0.25, 0.3) is 0 Å². The highest BCUT2D eigenvalue weighted by Gasteiger charge is 2.35. The van der Waals surface area contributed by atoms with Gasteiger partial charge in [-0.15, -0.1) is 0 Å². The summed E-state index contributed by atoms with van der Waals surface area (Å²) in [5.74, 6) is 0. The van der Waals surface area contributed by atoms with Gasteiger partial charge in [0, 0.05) is 18.1 Å². The molecule has 0 saturated carbocycles. The van der Waals surface area contributed by atoms with E-state index in [1.807, 2.05) is 0 Å². The highest BCUT2D eigenvalue weighted by Crippen LogP contribution is 2.29. The third-order valence-corrected chi connectivity index (χ3v) is 3.99. The van der Waals surface area contributed by atoms with Crippen molar-refractivity contribution in [2.45, 2.75) is 70.5 Å². The molecule has 0 aromatic carbocycles. The van der Waals surface area contributed by atoms with Crippen LogP contribution in [0.2, 0.25) is 0 Å². The molecule has 0 aliphatic carbocycles. The highest BCUT2D eigenvalue weighted by atomic mass is 15.2. The van der Waals surface area contributed by atoms with E-state index in [1.165, 1.54) is 51.6 Å². The van der Waals surface area contributed by atoms with Crippen LogP contribution in [0.1, 0.15) is 52.4 Å². The first kappa shape index (κ1) is 11.4. The van der Waals surface area contributed by atoms with Crippen LogP contribution in [-0.4, -0.2) is 36.1 Å². The molecule has 0 aromatic rings. The summed E-state index contributed by atoms with van der Waals surface area (Å²) in [6.07, 6.45) is 8.26. The number of nitrogens with one attached hydrogen (secondary N) is 1. The molecule has 2 nitrogen and oxygen atoms in total. The summed E-state index contributed by atoms with van der Waals surface area (Å²) in [5, 5.41) is 3.73. The number of hydrogen-bond donors (Lipinski definition) is 1. The Morgan fingerprint density at radius 1 is 1.00 bits per heavy atom. The van der Waals surface area contributed by atoms with Crippen LogP contribution in [0, 0.1) is 0 Å². The molecule has 2 aliphatic heterocycles. The standard InChI is InChI=1S/C13H26N2/c1-3-7-15(8-4-2)13-9-11-5-6-12(10-13)14-11/h11-14H,3-10H2,1-2H3. The minimum Gasteiger partial charge on any atom is -0.311 e. The van der Waals surface area contributed by atoms with Gasteiger partial charge in [0.15, 0.2) is 0 Å². The molecule has 2 rings (SSSR count). The SMILES string of the molecule is CCCN(CCC)C1CC2CCC(C1)N2. The van der Waals surface area contributed by atoms with Gasteiger partial charge in [-0.3, -0.25) is 0 Å². The lowest BCUT2D eigenvalue weighted by atomic mass is 9.98. The molecule has 88 valence electrons. The number of hydrogen-bond acceptors (Lipinski definition) is 2. The fourth-order valence-electron chi connectivity index (χ4n) is 3.38. The van der Waals surface area contributed by atoms with Gasteiger partial charge in [-0.2, -0.15) is 0 Å². The maximum atomic E-state index is 3.73. The lowest BCUT2D eigenvalue weighted by molar-refractivity contribution is 0.141. The summed E-state index contributed by atoms with van der Waals surface area (Å²) < 4.78 is 0. The van der Waals surface area contributed by atoms with E-state index in [0.717, 1.165) is 18.1 Å². The Hall–Kier alpha value is -0.0800. The average Bonchev–Trinajstić information content (AvgIpc) is 2.57. The van der Waals surface area contributed by atoms with Gasteiger partial charge < -0.3 is 10.2 Å². The summed E-state index contributed by atoms with van der Waals surface area (Å²) in [4.78, 5) is 2.74. The Balaban J connectivity index is 1.89. The van der Waals surface area contributed by atoms with Crippen LogP contribution in [0.3, 0.4) is 0 Å². The summed E-state index contributed by atoms with van der Waals surface area (Å²) in [7, 11) is 0. The predicted molar refractivity (Wildman–Crippen MR) is 65.1 cm³/mol. The molecule has 2 atom stereocenters. The highest BCUT2D eigenvalue weighted by molar-refractivity contribution is 4.95. The summed E-state index contributed by atoms with van der Waals surface area (Å²) in [5.41, 5.74) is 0. The van der Waals surface area contributed by atoms with Crippen LogP contribution in [0.5, 0.6) is 0 Å². The van der Waals surface area contributed by atoms with E-state index >= 15 is 0 Å². The smallest absolute Gasteiger partial charge is 0.0125 e. The molecule has 2 heteroatoms. The van der Waals surface area contributed by atoms with Gasteiger partial charge in [0.2, 0.25) is 0 Å². The van der Waals surface area contributed by atoms with Gasteiger partial charge in [-0.25, -0.2) is 0 Å². The van der Waals surface area contributed by atoms with Crippen LogP contribution in [0.25, 0.3) is 0 Å². The van der Waals surface area contributed by atoms with Crippen LogP contribution in [-0.2, 0) is 0 Å². The van der Waals surface area contributed by atoms with E-state index in [0.29, 0.717) is 0 Å². The largest absolute Gasteiger partial charge is 0.311 e. The zero-order valence-electron chi connectivity index (χ0n) is 10.3. The van der Waals surface area contributed by atoms with Crippen molar-refractivity contribution in [1.29, 1.82) is 0 Å². The molecular formula is C13H26N2. The van der Waals surface area contributed by atoms with E-state index in [2.05, 4.69) is 24.1 Å². The molecular weight excluding hydrogens is 184 g/mol. The zero-order chi connectivity index (χ0) is 10.7. The van der Waals surface area contributed by atoms with Crippen molar-refractivity contribution in [3.63, 3.8) is 0 Å². The van der Waals surface area contributed by atoms with E-state index in [9.17, 15) is 0 Å². The minimum atomic E-state index is 0.838. The van der Waals surface area contributed by atoms with E-state index in [1.54, 1.807) is 0 Å². The van der Waals surface area contributed by atoms with E-state index in [-0.39, 0.29) is 0 Å². The second kappa shape index (κ2) is 5.31. The normalized spacial score (nSPS) is 35.0. The summed E-state index contributed by atoms with van der Waals surface area (Å²) >= 11 is 0. The number of piperidine rings is 1. The quantitative estimate of drug-likeness (QED) is 0.749. The molecule has 2 fully saturated rings. The van der Waals surface area contributed by atoms with Crippen molar-refractivity contribution in [2.24, 2.45) is 0 Å². The lowest BCUT2D eigenvalue weighted by Gasteiger charge is -2.37. The fourth-order valence-corrected chi connectivity index (χ4v) is 3.38. The average molecular weight is 210 g/mol. The molecule has 2 unspecified atom stereocenters. The van der Waals surface area contributed by atoms with Crippen molar-refractivity contribution in [3.8, 4) is 0 Å². The summed E-state index contributed by atoms with van der Waals surface area (Å²) in [6, 6.07) is 2.55. The van der Waals surface area contributed by atoms with Crippen LogP contribution in [0.15, 0.2) is 0 Å². The fraction of sp³-hybridized carbons (Fsp3) is 1.00. The molecule has 1 N–H and O–H groups in total. The van der Waals surface area contributed by atoms with E-state index in [4.69, 9.17) is 0 Å². The Morgan fingerprint density at radius 2 is 1.53 bits per heavy atom. The lowest BCUT2D eigenvalue weighted by Crippen LogP contribution is -2.48. The first-order valence-electron chi connectivity index (χ1n) is 6.83. The molecule has 0 radical (unpaired) electrons. The Morgan fingerprint density at radius 3 is 2.00 bits per heavy atom. The Bertz CT molecular complexity index is 175. The maximum absolute atomic E-state index is 3.73. The molecule has 2 bridgehead atoms. The van der Waals surface area contributed by atoms with Crippen molar-refractivity contribution in [3.05, 3.63) is 0 Å². The van der Waals surface area contributed by atoms with Crippen molar-refractivity contribution >= 4 is 0 Å². The molecule has 2 heterocycles. The molecule has 15 heavy (non-hydrogen) atoms. The monoisotopic (exact) mass is 210 g/mol. The van der Waals surface area contributed by atoms with E-state index < -0.39 is 0 Å². The van der Waals surface area contributed by atoms with Gasteiger partial charge >= 0.3 is 0 Å². The van der Waals surface area contributed by atoms with Gasteiger partial charge in [-0.1, -0.05) is 13.8 Å². The van der Waals surface area contributed by atoms with Gasteiger partial charge in [0.05, 0.1) is 0 Å². The molecule has 0 amide bonds. The molecule has 2 saturated heterocycles. The summed E-state index contributed by atoms with van der Waals surface area (Å²) in [6.45, 7) is 7.21. The number of rotatable bonds is 5. The van der Waals surface area contributed by atoms with Crippen molar-refractivity contribution in [1.82, 2.24) is 10.2 Å². The topological polar surface area (TPSA) is 15.3 Å². The zero-order valence-corrected chi connectivity index (χ0v) is 10.3. The molecule has 0 spiro atoms. The first-order chi connectivity index (χ1) is 7.33. The molecule has 2 aliphatic rings. The van der Waals surface area contributed by atoms with Crippen molar-refractivity contribution in [2.75, 3.05) is 13.1 Å². The van der Waals surface area contributed by atoms with Crippen LogP contribution in [0.4, 0.5) is 0 Å². The third kappa shape index (κ3) is 2.73. The van der Waals surface area contributed by atoms with Crippen molar-refractivity contribution < 1.29 is 0 Å². The second-order valence-corrected chi connectivity index (χ2v) is 5.30. The van der Waals surface area contributed by atoms with Crippen LogP contribution < -0.4 is 5.32 Å². The Kier molecular flexibility index (Phi) is 4.04.